The molecule has 4 nitrogen and oxygen atoms in total. The number of hydrogen-bond donors (Lipinski definition) is 1. The summed E-state index contributed by atoms with van der Waals surface area (Å²) in [6, 6.07) is 14.8. The molecule has 0 atom stereocenters. The van der Waals surface area contributed by atoms with Gasteiger partial charge in [-0.25, -0.2) is 4.98 Å². The molecule has 0 spiro atoms. The van der Waals surface area contributed by atoms with Gasteiger partial charge in [0.05, 0.1) is 6.20 Å². The summed E-state index contributed by atoms with van der Waals surface area (Å²) in [6.07, 6.45) is 2.41. The number of oxazole rings is 1. The number of nitrogens with zero attached hydrogens (tertiary/aromatic N) is 1. The van der Waals surface area contributed by atoms with Crippen LogP contribution in [0.2, 0.25) is 5.02 Å². The molecule has 1 heterocycles. The van der Waals surface area contributed by atoms with Gasteiger partial charge in [0.15, 0.2) is 11.7 Å². The number of amides is 1. The fourth-order valence-corrected chi connectivity index (χ4v) is 2.70. The molecule has 122 valence electrons. The summed E-state index contributed by atoms with van der Waals surface area (Å²) in [5, 5.41) is 3.44. The van der Waals surface area contributed by atoms with Crippen LogP contribution in [0.5, 0.6) is 0 Å². The van der Waals surface area contributed by atoms with Gasteiger partial charge in [0.2, 0.25) is 5.91 Å². The molecule has 0 unspecified atom stereocenters. The Labute approximate surface area is 153 Å². The summed E-state index contributed by atoms with van der Waals surface area (Å²) in [5.74, 6) is 1.13. The van der Waals surface area contributed by atoms with E-state index in [4.69, 9.17) is 16.0 Å². The summed E-state index contributed by atoms with van der Waals surface area (Å²) in [4.78, 5) is 16.2. The van der Waals surface area contributed by atoms with E-state index in [2.05, 4.69) is 26.2 Å². The van der Waals surface area contributed by atoms with Gasteiger partial charge in [-0.05, 0) is 36.4 Å². The van der Waals surface area contributed by atoms with Gasteiger partial charge in [0, 0.05) is 33.6 Å². The molecule has 1 aromatic heterocycles. The van der Waals surface area contributed by atoms with Gasteiger partial charge in [-0.2, -0.15) is 0 Å². The average molecular weight is 406 g/mol. The quantitative estimate of drug-likeness (QED) is 0.624. The highest BCUT2D eigenvalue weighted by atomic mass is 79.9. The third kappa shape index (κ3) is 4.46. The molecule has 0 saturated heterocycles. The largest absolute Gasteiger partial charge is 0.441 e. The normalized spacial score (nSPS) is 10.6. The van der Waals surface area contributed by atoms with Crippen molar-refractivity contribution in [2.45, 2.75) is 12.8 Å². The molecule has 1 amide bonds. The predicted molar refractivity (Wildman–Crippen MR) is 98.0 cm³/mol. The molecule has 2 aromatic carbocycles. The van der Waals surface area contributed by atoms with Crippen molar-refractivity contribution in [3.63, 3.8) is 0 Å². The van der Waals surface area contributed by atoms with Crippen LogP contribution in [0.1, 0.15) is 12.3 Å². The molecule has 0 radical (unpaired) electrons. The van der Waals surface area contributed by atoms with E-state index in [1.54, 1.807) is 30.5 Å². The average Bonchev–Trinajstić information content (AvgIpc) is 3.04. The summed E-state index contributed by atoms with van der Waals surface area (Å²) < 4.78 is 6.68. The molecule has 0 aliphatic heterocycles. The van der Waals surface area contributed by atoms with E-state index in [1.807, 2.05) is 24.3 Å². The van der Waals surface area contributed by atoms with Crippen LogP contribution in [0, 0.1) is 0 Å². The van der Waals surface area contributed by atoms with Gasteiger partial charge >= 0.3 is 0 Å². The molecule has 0 bridgehead atoms. The van der Waals surface area contributed by atoms with Crippen LogP contribution in [-0.2, 0) is 11.2 Å². The Morgan fingerprint density at radius 3 is 2.75 bits per heavy atom. The maximum absolute atomic E-state index is 12.0. The first kappa shape index (κ1) is 16.7. The van der Waals surface area contributed by atoms with E-state index >= 15 is 0 Å². The highest BCUT2D eigenvalue weighted by Crippen LogP contribution is 2.24. The molecule has 3 aromatic rings. The lowest BCUT2D eigenvalue weighted by Gasteiger charge is -2.04. The second-order valence-electron chi connectivity index (χ2n) is 5.18. The fourth-order valence-electron chi connectivity index (χ4n) is 2.18. The number of aryl methyl sites for hydroxylation is 1. The van der Waals surface area contributed by atoms with Crippen LogP contribution >= 0.6 is 27.5 Å². The Balaban J connectivity index is 1.57. The van der Waals surface area contributed by atoms with E-state index in [0.717, 1.165) is 10.0 Å². The first-order valence-electron chi connectivity index (χ1n) is 7.36. The van der Waals surface area contributed by atoms with Crippen molar-refractivity contribution in [1.29, 1.82) is 0 Å². The number of hydrogen-bond acceptors (Lipinski definition) is 3. The Bertz CT molecular complexity index is 846. The van der Waals surface area contributed by atoms with Crippen LogP contribution < -0.4 is 5.32 Å². The minimum Gasteiger partial charge on any atom is -0.441 e. The lowest BCUT2D eigenvalue weighted by atomic mass is 10.2. The van der Waals surface area contributed by atoms with Crippen LogP contribution in [0.3, 0.4) is 0 Å². The Morgan fingerprint density at radius 2 is 2.00 bits per heavy atom. The van der Waals surface area contributed by atoms with Crippen molar-refractivity contribution in [2.24, 2.45) is 0 Å². The number of rotatable bonds is 5. The number of anilines is 1. The monoisotopic (exact) mass is 404 g/mol. The van der Waals surface area contributed by atoms with Gasteiger partial charge < -0.3 is 9.73 Å². The Hall–Kier alpha value is -2.11. The van der Waals surface area contributed by atoms with Gasteiger partial charge in [-0.1, -0.05) is 39.7 Å². The lowest BCUT2D eigenvalue weighted by molar-refractivity contribution is -0.116. The highest BCUT2D eigenvalue weighted by molar-refractivity contribution is 9.10. The first-order valence-corrected chi connectivity index (χ1v) is 8.53. The number of benzene rings is 2. The van der Waals surface area contributed by atoms with Gasteiger partial charge in [-0.15, -0.1) is 0 Å². The lowest BCUT2D eigenvalue weighted by Crippen LogP contribution is -2.12. The predicted octanol–water partition coefficient (Wildman–Crippen LogP) is 5.33. The Kier molecular flexibility index (Phi) is 5.33. The molecule has 6 heteroatoms. The second kappa shape index (κ2) is 7.64. The van der Waals surface area contributed by atoms with E-state index in [1.165, 1.54) is 0 Å². The minimum absolute atomic E-state index is 0.0977. The molecule has 0 fully saturated rings. The van der Waals surface area contributed by atoms with E-state index in [9.17, 15) is 4.79 Å². The second-order valence-corrected chi connectivity index (χ2v) is 6.54. The molecule has 24 heavy (non-hydrogen) atoms. The van der Waals surface area contributed by atoms with E-state index < -0.39 is 0 Å². The van der Waals surface area contributed by atoms with Crippen molar-refractivity contribution in [1.82, 2.24) is 4.98 Å². The van der Waals surface area contributed by atoms with Crippen LogP contribution in [-0.4, -0.2) is 10.9 Å². The van der Waals surface area contributed by atoms with Crippen molar-refractivity contribution in [3.05, 3.63) is 70.1 Å². The molecule has 1 N–H and O–H groups in total. The highest BCUT2D eigenvalue weighted by Gasteiger charge is 2.09. The topological polar surface area (TPSA) is 55.1 Å². The molecule has 0 saturated carbocycles. The standard InChI is InChI=1S/C18H14BrClN2O2/c19-13-3-1-2-12(10-13)16-11-21-18(24-16)9-8-17(23)22-15-6-4-14(20)5-7-15/h1-7,10-11H,8-9H2,(H,22,23). The number of halogens is 2. The van der Waals surface area contributed by atoms with Crippen molar-refractivity contribution < 1.29 is 9.21 Å². The summed E-state index contributed by atoms with van der Waals surface area (Å²) in [5.41, 5.74) is 1.65. The van der Waals surface area contributed by atoms with Gasteiger partial charge in [-0.3, -0.25) is 4.79 Å². The number of carbonyl (C=O) groups excluding carboxylic acids is 1. The van der Waals surface area contributed by atoms with Crippen LogP contribution in [0.4, 0.5) is 5.69 Å². The smallest absolute Gasteiger partial charge is 0.224 e. The Morgan fingerprint density at radius 1 is 1.21 bits per heavy atom. The van der Waals surface area contributed by atoms with E-state index in [0.29, 0.717) is 35.2 Å². The number of nitrogens with one attached hydrogen (secondary N) is 1. The van der Waals surface area contributed by atoms with E-state index in [-0.39, 0.29) is 5.91 Å². The fraction of sp³-hybridized carbons (Fsp3) is 0.111. The molecule has 3 rings (SSSR count). The molecular formula is C18H14BrClN2O2. The van der Waals surface area contributed by atoms with Crippen molar-refractivity contribution >= 4 is 39.1 Å². The van der Waals surface area contributed by atoms with Crippen molar-refractivity contribution in [3.8, 4) is 11.3 Å². The third-order valence-electron chi connectivity index (χ3n) is 3.36. The van der Waals surface area contributed by atoms with Gasteiger partial charge in [0.25, 0.3) is 0 Å². The third-order valence-corrected chi connectivity index (χ3v) is 4.10. The zero-order valence-electron chi connectivity index (χ0n) is 12.6. The maximum atomic E-state index is 12.0. The van der Waals surface area contributed by atoms with Crippen LogP contribution in [0.25, 0.3) is 11.3 Å². The summed E-state index contributed by atoms with van der Waals surface area (Å²) in [7, 11) is 0. The zero-order valence-corrected chi connectivity index (χ0v) is 15.0. The first-order chi connectivity index (χ1) is 11.6. The maximum Gasteiger partial charge on any atom is 0.224 e. The SMILES string of the molecule is O=C(CCc1ncc(-c2cccc(Br)c2)o1)Nc1ccc(Cl)cc1. The number of aromatic nitrogens is 1. The zero-order chi connectivity index (χ0) is 16.9. The summed E-state index contributed by atoms with van der Waals surface area (Å²) in [6.45, 7) is 0. The minimum atomic E-state index is -0.0977. The molecular weight excluding hydrogens is 392 g/mol. The van der Waals surface area contributed by atoms with Gasteiger partial charge in [0.1, 0.15) is 0 Å². The van der Waals surface area contributed by atoms with Crippen molar-refractivity contribution in [2.75, 3.05) is 5.32 Å². The molecule has 0 aliphatic rings. The number of carbonyl (C=O) groups is 1. The van der Waals surface area contributed by atoms with Crippen LogP contribution in [0.15, 0.2) is 63.6 Å². The molecule has 0 aliphatic carbocycles. The summed E-state index contributed by atoms with van der Waals surface area (Å²) >= 11 is 9.24.